The summed E-state index contributed by atoms with van der Waals surface area (Å²) in [5.41, 5.74) is 3.92. The van der Waals surface area contributed by atoms with E-state index in [9.17, 15) is 9.59 Å². The Morgan fingerprint density at radius 3 is 2.26 bits per heavy atom. The SMILES string of the molecule is COc1ccc(CC(=O)N2CC[NH+](CC(=O)Nc3c(C)cccc3C)CC2)cc1OC. The van der Waals surface area contributed by atoms with Gasteiger partial charge in [-0.05, 0) is 42.7 Å². The van der Waals surface area contributed by atoms with Gasteiger partial charge in [-0.2, -0.15) is 0 Å². The highest BCUT2D eigenvalue weighted by Gasteiger charge is 2.25. The molecule has 2 aromatic carbocycles. The molecule has 2 N–H and O–H groups in total. The molecule has 0 radical (unpaired) electrons. The molecule has 1 aliphatic heterocycles. The third-order valence-corrected chi connectivity index (χ3v) is 5.78. The number of aryl methyl sites for hydroxylation is 2. The maximum absolute atomic E-state index is 12.7. The molecule has 0 aromatic heterocycles. The monoisotopic (exact) mass is 426 g/mol. The molecule has 166 valence electrons. The highest BCUT2D eigenvalue weighted by Crippen LogP contribution is 2.27. The van der Waals surface area contributed by atoms with Crippen LogP contribution >= 0.6 is 0 Å². The second-order valence-electron chi connectivity index (χ2n) is 7.99. The van der Waals surface area contributed by atoms with Gasteiger partial charge >= 0.3 is 0 Å². The zero-order valence-corrected chi connectivity index (χ0v) is 18.8. The Balaban J connectivity index is 1.49. The molecule has 0 bridgehead atoms. The molecule has 0 spiro atoms. The Morgan fingerprint density at radius 1 is 1.00 bits per heavy atom. The second-order valence-corrected chi connectivity index (χ2v) is 7.99. The van der Waals surface area contributed by atoms with E-state index in [1.54, 1.807) is 14.2 Å². The van der Waals surface area contributed by atoms with Crippen molar-refractivity contribution in [2.75, 3.05) is 52.3 Å². The quantitative estimate of drug-likeness (QED) is 0.699. The lowest BCUT2D eigenvalue weighted by molar-refractivity contribution is -0.895. The largest absolute Gasteiger partial charge is 0.493 e. The molecule has 1 saturated heterocycles. The number of piperazine rings is 1. The maximum atomic E-state index is 12.7. The van der Waals surface area contributed by atoms with Gasteiger partial charge in [0, 0.05) is 5.69 Å². The van der Waals surface area contributed by atoms with E-state index in [0.717, 1.165) is 35.5 Å². The van der Waals surface area contributed by atoms with Crippen LogP contribution in [0.2, 0.25) is 0 Å². The number of quaternary nitrogens is 1. The summed E-state index contributed by atoms with van der Waals surface area (Å²) in [6.45, 7) is 7.23. The van der Waals surface area contributed by atoms with Crippen molar-refractivity contribution in [2.24, 2.45) is 0 Å². The van der Waals surface area contributed by atoms with Gasteiger partial charge in [0.15, 0.2) is 18.0 Å². The minimum atomic E-state index is 0.0116. The van der Waals surface area contributed by atoms with Crippen molar-refractivity contribution in [3.05, 3.63) is 53.1 Å². The van der Waals surface area contributed by atoms with Crippen molar-refractivity contribution in [1.82, 2.24) is 4.90 Å². The number of nitrogens with zero attached hydrogens (tertiary/aromatic N) is 1. The van der Waals surface area contributed by atoms with Crippen LogP contribution in [0.15, 0.2) is 36.4 Å². The fourth-order valence-electron chi connectivity index (χ4n) is 3.95. The Kier molecular flexibility index (Phi) is 7.52. The molecule has 0 saturated carbocycles. The molecule has 1 aliphatic rings. The van der Waals surface area contributed by atoms with Gasteiger partial charge in [0.1, 0.15) is 0 Å². The molecule has 7 heteroatoms. The van der Waals surface area contributed by atoms with Crippen molar-refractivity contribution in [3.8, 4) is 11.5 Å². The van der Waals surface area contributed by atoms with Crippen molar-refractivity contribution in [2.45, 2.75) is 20.3 Å². The van der Waals surface area contributed by atoms with Gasteiger partial charge in [0.25, 0.3) is 5.91 Å². The topological polar surface area (TPSA) is 72.3 Å². The molecule has 7 nitrogen and oxygen atoms in total. The molecular formula is C24H32N3O4+. The Labute approximate surface area is 183 Å². The van der Waals surface area contributed by atoms with Crippen LogP contribution in [-0.2, 0) is 16.0 Å². The number of hydrogen-bond acceptors (Lipinski definition) is 4. The second kappa shape index (κ2) is 10.3. The molecule has 3 rings (SSSR count). The number of amides is 2. The predicted octanol–water partition coefficient (Wildman–Crippen LogP) is 1.23. The molecule has 0 atom stereocenters. The summed E-state index contributed by atoms with van der Waals surface area (Å²) in [6, 6.07) is 11.5. The molecule has 0 aliphatic carbocycles. The van der Waals surface area contributed by atoms with Gasteiger partial charge in [0.05, 0.1) is 46.8 Å². The minimum Gasteiger partial charge on any atom is -0.493 e. The van der Waals surface area contributed by atoms with Gasteiger partial charge in [-0.15, -0.1) is 0 Å². The number of para-hydroxylation sites is 1. The number of methoxy groups -OCH3 is 2. The normalized spacial score (nSPS) is 14.3. The Morgan fingerprint density at radius 2 is 1.65 bits per heavy atom. The fourth-order valence-corrected chi connectivity index (χ4v) is 3.95. The number of benzene rings is 2. The lowest BCUT2D eigenvalue weighted by Gasteiger charge is -2.32. The highest BCUT2D eigenvalue weighted by atomic mass is 16.5. The summed E-state index contributed by atoms with van der Waals surface area (Å²) >= 11 is 0. The zero-order chi connectivity index (χ0) is 22.4. The Bertz CT molecular complexity index is 916. The number of rotatable bonds is 7. The number of carbonyl (C=O) groups is 2. The van der Waals surface area contributed by atoms with Crippen LogP contribution < -0.4 is 19.7 Å². The lowest BCUT2D eigenvalue weighted by Crippen LogP contribution is -3.15. The van der Waals surface area contributed by atoms with E-state index in [1.165, 1.54) is 4.90 Å². The predicted molar refractivity (Wildman–Crippen MR) is 120 cm³/mol. The molecular weight excluding hydrogens is 394 g/mol. The van der Waals surface area contributed by atoms with E-state index in [1.807, 2.05) is 55.1 Å². The summed E-state index contributed by atoms with van der Waals surface area (Å²) in [5, 5.41) is 3.05. The van der Waals surface area contributed by atoms with E-state index in [0.29, 0.717) is 37.6 Å². The van der Waals surface area contributed by atoms with E-state index in [4.69, 9.17) is 9.47 Å². The lowest BCUT2D eigenvalue weighted by atomic mass is 10.1. The van der Waals surface area contributed by atoms with Crippen LogP contribution in [0.4, 0.5) is 5.69 Å². The van der Waals surface area contributed by atoms with Crippen molar-refractivity contribution in [1.29, 1.82) is 0 Å². The number of ether oxygens (including phenoxy) is 2. The van der Waals surface area contributed by atoms with Gasteiger partial charge < -0.3 is 24.6 Å². The highest BCUT2D eigenvalue weighted by molar-refractivity contribution is 5.93. The van der Waals surface area contributed by atoms with E-state index < -0.39 is 0 Å². The average molecular weight is 427 g/mol. The van der Waals surface area contributed by atoms with Crippen LogP contribution in [0.5, 0.6) is 11.5 Å². The number of carbonyl (C=O) groups excluding carboxylic acids is 2. The zero-order valence-electron chi connectivity index (χ0n) is 18.8. The summed E-state index contributed by atoms with van der Waals surface area (Å²) in [4.78, 5) is 28.3. The number of hydrogen-bond donors (Lipinski definition) is 2. The van der Waals surface area contributed by atoms with Gasteiger partial charge in [-0.3, -0.25) is 9.59 Å². The number of nitrogens with one attached hydrogen (secondary N) is 2. The van der Waals surface area contributed by atoms with Gasteiger partial charge in [-0.1, -0.05) is 24.3 Å². The number of anilines is 1. The molecule has 1 fully saturated rings. The minimum absolute atomic E-state index is 0.0116. The standard InChI is InChI=1S/C24H31N3O4/c1-17-6-5-7-18(2)24(17)25-22(28)16-26-10-12-27(13-11-26)23(29)15-19-8-9-20(30-3)21(14-19)31-4/h5-9,14H,10-13,15-16H2,1-4H3,(H,25,28)/p+1. The average Bonchev–Trinajstić information content (AvgIpc) is 2.76. The first-order valence-corrected chi connectivity index (χ1v) is 10.6. The van der Waals surface area contributed by atoms with E-state index in [2.05, 4.69) is 5.32 Å². The van der Waals surface area contributed by atoms with Gasteiger partial charge in [0.2, 0.25) is 5.91 Å². The summed E-state index contributed by atoms with van der Waals surface area (Å²) in [6.07, 6.45) is 0.322. The van der Waals surface area contributed by atoms with Crippen LogP contribution in [0.3, 0.4) is 0 Å². The van der Waals surface area contributed by atoms with E-state index >= 15 is 0 Å². The molecule has 2 amide bonds. The van der Waals surface area contributed by atoms with E-state index in [-0.39, 0.29) is 11.8 Å². The van der Waals surface area contributed by atoms with Crippen molar-refractivity contribution in [3.63, 3.8) is 0 Å². The first-order chi connectivity index (χ1) is 14.9. The Hall–Kier alpha value is -3.06. The maximum Gasteiger partial charge on any atom is 0.279 e. The molecule has 31 heavy (non-hydrogen) atoms. The van der Waals surface area contributed by atoms with Crippen molar-refractivity contribution >= 4 is 17.5 Å². The fraction of sp³-hybridized carbons (Fsp3) is 0.417. The summed E-state index contributed by atoms with van der Waals surface area (Å²) in [5.74, 6) is 1.37. The summed E-state index contributed by atoms with van der Waals surface area (Å²) < 4.78 is 10.6. The third kappa shape index (κ3) is 5.76. The summed E-state index contributed by atoms with van der Waals surface area (Å²) in [7, 11) is 3.18. The molecule has 1 heterocycles. The van der Waals surface area contributed by atoms with Crippen molar-refractivity contribution < 1.29 is 24.0 Å². The third-order valence-electron chi connectivity index (χ3n) is 5.78. The van der Waals surface area contributed by atoms with Gasteiger partial charge in [-0.25, -0.2) is 0 Å². The smallest absolute Gasteiger partial charge is 0.279 e. The van der Waals surface area contributed by atoms with Crippen LogP contribution in [0, 0.1) is 13.8 Å². The first-order valence-electron chi connectivity index (χ1n) is 10.6. The van der Waals surface area contributed by atoms with Crippen LogP contribution in [0.1, 0.15) is 16.7 Å². The van der Waals surface area contributed by atoms with Crippen LogP contribution in [-0.4, -0.2) is 63.7 Å². The first kappa shape index (κ1) is 22.6. The molecule has 2 aromatic rings. The molecule has 0 unspecified atom stereocenters. The van der Waals surface area contributed by atoms with Crippen LogP contribution in [0.25, 0.3) is 0 Å².